The normalized spacial score (nSPS) is 13.3. The van der Waals surface area contributed by atoms with Crippen molar-refractivity contribution < 1.29 is 80.5 Å². The average Bonchev–Trinajstić information content (AvgIpc) is 3.16. The molecule has 0 saturated carbocycles. The van der Waals surface area contributed by atoms with Crippen LogP contribution in [0.2, 0.25) is 10.3 Å². The SMILES string of the molecule is COC(OC)[SiH](C(OC)OC)C(CCOCCC([SiH](C(OC)OC)C(OC)OC)[SiH](C(OC)OC)C(OC)OC)[SiH](C(OC)OC)C(OC)OC. The molecule has 0 bridgehead atoms. The quantitative estimate of drug-likeness (QED) is 0.0477. The summed E-state index contributed by atoms with van der Waals surface area (Å²) >= 11 is 0. The van der Waals surface area contributed by atoms with Gasteiger partial charge in [-0.3, -0.25) is 0 Å². The number of hydrogen-bond acceptors (Lipinski definition) is 17. The Labute approximate surface area is 312 Å². The summed E-state index contributed by atoms with van der Waals surface area (Å²) in [6.45, 7) is 0.741. The predicted molar refractivity (Wildman–Crippen MR) is 199 cm³/mol. The molecule has 0 amide bonds. The number of methoxy groups -OCH3 is 16. The van der Waals surface area contributed by atoms with Gasteiger partial charge in [-0.25, -0.2) is 0 Å². The second-order valence-electron chi connectivity index (χ2n) is 11.5. The molecule has 0 saturated heterocycles. The molecule has 0 aromatic heterocycles. The van der Waals surface area contributed by atoms with Crippen LogP contribution in [0.1, 0.15) is 12.8 Å². The van der Waals surface area contributed by atoms with Crippen molar-refractivity contribution in [2.75, 3.05) is 127 Å². The summed E-state index contributed by atoms with van der Waals surface area (Å²) in [7, 11) is 16.4. The highest BCUT2D eigenvalue weighted by molar-refractivity contribution is 6.82. The van der Waals surface area contributed by atoms with E-state index in [4.69, 9.17) is 80.5 Å². The number of rotatable bonds is 34. The van der Waals surface area contributed by atoms with E-state index in [2.05, 4.69) is 0 Å². The zero-order chi connectivity index (χ0) is 38.9. The molecule has 0 aliphatic heterocycles. The van der Waals surface area contributed by atoms with Crippen molar-refractivity contribution in [3.63, 3.8) is 0 Å². The minimum atomic E-state index is -2.34. The summed E-state index contributed by atoms with van der Waals surface area (Å²) in [4.78, 5) is 0. The summed E-state index contributed by atoms with van der Waals surface area (Å²) in [6, 6.07) is 0. The summed E-state index contributed by atoms with van der Waals surface area (Å²) in [5, 5.41) is -0.185. The zero-order valence-corrected chi connectivity index (χ0v) is 38.5. The lowest BCUT2D eigenvalue weighted by molar-refractivity contribution is -0.0913. The van der Waals surface area contributed by atoms with E-state index in [0.717, 1.165) is 0 Å². The van der Waals surface area contributed by atoms with E-state index in [1.807, 2.05) is 0 Å². The molecule has 0 heterocycles. The summed E-state index contributed by atoms with van der Waals surface area (Å²) in [5.74, 6) is -4.54. The monoisotopic (exact) mass is 814 g/mol. The summed E-state index contributed by atoms with van der Waals surface area (Å²) in [5.41, 5.74) is 0. The Hall–Kier alpha value is 0.188. The minimum Gasteiger partial charge on any atom is -0.381 e. The fourth-order valence-corrected chi connectivity index (χ4v) is 27.1. The van der Waals surface area contributed by atoms with Gasteiger partial charge in [0.1, 0.15) is 47.3 Å². The van der Waals surface area contributed by atoms with Crippen LogP contribution in [0.4, 0.5) is 0 Å². The molecule has 0 rings (SSSR count). The van der Waals surface area contributed by atoms with Crippen LogP contribution in [-0.4, -0.2) is 209 Å². The minimum absolute atomic E-state index is 0.0925. The molecule has 51 heavy (non-hydrogen) atoms. The van der Waals surface area contributed by atoms with Gasteiger partial charge in [0.15, 0.2) is 35.2 Å². The van der Waals surface area contributed by atoms with E-state index in [0.29, 0.717) is 26.1 Å². The van der Waals surface area contributed by atoms with Gasteiger partial charge < -0.3 is 80.5 Å². The van der Waals surface area contributed by atoms with Crippen LogP contribution >= 0.6 is 0 Å². The van der Waals surface area contributed by atoms with Gasteiger partial charge in [-0.2, -0.15) is 0 Å². The molecule has 0 N–H and O–H groups in total. The third kappa shape index (κ3) is 15.0. The standard InChI is InChI=1S/C30H70O17Si4/c1-31-23(32-2)48(24(33-3)34-4)21(49(25(35-5)36-6)26(37-7)38-8)17-19-47-20-18-22(50(27(39-9)40-10)28(41-11)42-12)51(29(43-13)44-14)30(45-15)46-16/h21-30,48-51H,17-20H2,1-16H3. The molecule has 0 spiro atoms. The van der Waals surface area contributed by atoms with E-state index in [1.54, 1.807) is 114 Å². The van der Waals surface area contributed by atoms with Gasteiger partial charge in [0, 0.05) is 127 Å². The third-order valence-electron chi connectivity index (χ3n) is 9.40. The molecule has 0 radical (unpaired) electrons. The van der Waals surface area contributed by atoms with Gasteiger partial charge in [0.05, 0.1) is 0 Å². The maximum absolute atomic E-state index is 6.51. The van der Waals surface area contributed by atoms with Crippen LogP contribution in [0, 0.1) is 0 Å². The first-order chi connectivity index (χ1) is 24.7. The molecule has 0 aromatic rings. The van der Waals surface area contributed by atoms with Crippen LogP contribution in [0.15, 0.2) is 0 Å². The Balaban J connectivity index is 6.94. The van der Waals surface area contributed by atoms with Crippen LogP contribution in [0.25, 0.3) is 0 Å². The summed E-state index contributed by atoms with van der Waals surface area (Å²) in [6.07, 6.45) is 1.15. The Morgan fingerprint density at radius 1 is 0.255 bits per heavy atom. The van der Waals surface area contributed by atoms with Crippen LogP contribution in [0.3, 0.4) is 0 Å². The first-order valence-electron chi connectivity index (χ1n) is 16.7. The van der Waals surface area contributed by atoms with Crippen molar-refractivity contribution in [1.29, 1.82) is 0 Å². The van der Waals surface area contributed by atoms with Crippen molar-refractivity contribution in [3.05, 3.63) is 0 Å². The predicted octanol–water partition coefficient (Wildman–Crippen LogP) is -0.225. The fraction of sp³-hybridized carbons (Fsp3) is 1.00. The van der Waals surface area contributed by atoms with Gasteiger partial charge in [-0.05, 0) is 23.2 Å². The Bertz CT molecular complexity index is 620. The van der Waals surface area contributed by atoms with Crippen molar-refractivity contribution in [2.24, 2.45) is 0 Å². The van der Waals surface area contributed by atoms with Crippen LogP contribution in [-0.2, 0) is 80.5 Å². The Morgan fingerprint density at radius 3 is 0.510 bits per heavy atom. The van der Waals surface area contributed by atoms with E-state index < -0.39 is 82.5 Å². The third-order valence-corrected chi connectivity index (χ3v) is 29.4. The van der Waals surface area contributed by atoms with E-state index in [1.165, 1.54) is 0 Å². The van der Waals surface area contributed by atoms with Crippen molar-refractivity contribution in [3.8, 4) is 0 Å². The lowest BCUT2D eigenvalue weighted by Crippen LogP contribution is -2.60. The van der Waals surface area contributed by atoms with Crippen molar-refractivity contribution in [2.45, 2.75) is 70.5 Å². The molecule has 17 nitrogen and oxygen atoms in total. The molecule has 0 aromatic carbocycles. The molecule has 21 heteroatoms. The molecular formula is C30H70O17Si4. The van der Waals surface area contributed by atoms with Gasteiger partial charge in [0.25, 0.3) is 0 Å². The lowest BCUT2D eigenvalue weighted by atomic mass is 10.5. The highest BCUT2D eigenvalue weighted by Gasteiger charge is 2.51. The van der Waals surface area contributed by atoms with Crippen LogP contribution < -0.4 is 0 Å². The molecule has 0 aliphatic rings. The van der Waals surface area contributed by atoms with E-state index in [9.17, 15) is 0 Å². The van der Waals surface area contributed by atoms with Gasteiger partial charge in [0.2, 0.25) is 0 Å². The van der Waals surface area contributed by atoms with Crippen LogP contribution in [0.5, 0.6) is 0 Å². The summed E-state index contributed by atoms with van der Waals surface area (Å²) < 4.78 is 100. The maximum atomic E-state index is 6.51. The molecule has 0 unspecified atom stereocenters. The Morgan fingerprint density at radius 2 is 0.392 bits per heavy atom. The molecular weight excluding hydrogens is 745 g/mol. The average molecular weight is 815 g/mol. The van der Waals surface area contributed by atoms with Gasteiger partial charge >= 0.3 is 0 Å². The second kappa shape index (κ2) is 30.4. The lowest BCUT2D eigenvalue weighted by Gasteiger charge is -2.42. The molecule has 308 valence electrons. The second-order valence-corrected chi connectivity index (χ2v) is 25.5. The highest BCUT2D eigenvalue weighted by atomic mass is 28.3. The topological polar surface area (TPSA) is 157 Å². The molecule has 0 fully saturated rings. The smallest absolute Gasteiger partial charge is 0.172 e. The fourth-order valence-electron chi connectivity index (χ4n) is 7.24. The largest absolute Gasteiger partial charge is 0.381 e. The molecule has 0 atom stereocenters. The molecule has 0 aliphatic carbocycles. The van der Waals surface area contributed by atoms with Gasteiger partial charge in [-0.15, -0.1) is 0 Å². The first kappa shape index (κ1) is 51.2. The van der Waals surface area contributed by atoms with Crippen molar-refractivity contribution >= 4 is 35.2 Å². The maximum Gasteiger partial charge on any atom is 0.172 e. The van der Waals surface area contributed by atoms with E-state index in [-0.39, 0.29) is 10.3 Å². The number of hydrogen-bond donors (Lipinski definition) is 0. The highest BCUT2D eigenvalue weighted by Crippen LogP contribution is 2.34. The van der Waals surface area contributed by atoms with Gasteiger partial charge in [-0.1, -0.05) is 0 Å². The zero-order valence-electron chi connectivity index (χ0n) is 33.9. The van der Waals surface area contributed by atoms with Crippen molar-refractivity contribution in [1.82, 2.24) is 0 Å². The first-order valence-corrected chi connectivity index (χ1v) is 24.7. The van der Waals surface area contributed by atoms with E-state index >= 15 is 0 Å². The Kier molecular flexibility index (Phi) is 30.5. The number of ether oxygens (including phenoxy) is 17.